The second-order valence-corrected chi connectivity index (χ2v) is 8.91. The Bertz CT molecular complexity index is 1140. The van der Waals surface area contributed by atoms with E-state index in [1.165, 1.54) is 18.3 Å². The van der Waals surface area contributed by atoms with Crippen molar-refractivity contribution in [3.63, 3.8) is 0 Å². The Morgan fingerprint density at radius 3 is 2.59 bits per heavy atom. The van der Waals surface area contributed by atoms with Gasteiger partial charge in [0.15, 0.2) is 5.69 Å². The first-order chi connectivity index (χ1) is 16.4. The number of carboxylic acids is 1. The van der Waals surface area contributed by atoms with Crippen molar-refractivity contribution in [1.82, 2.24) is 25.6 Å². The fourth-order valence-corrected chi connectivity index (χ4v) is 4.23. The minimum absolute atomic E-state index is 0.131. The number of rotatable bonds is 10. The van der Waals surface area contributed by atoms with Crippen LogP contribution in [0.15, 0.2) is 48.7 Å². The molecule has 8 nitrogen and oxygen atoms in total. The van der Waals surface area contributed by atoms with E-state index in [1.54, 1.807) is 18.2 Å². The molecule has 2 heterocycles. The second-order valence-electron chi connectivity index (χ2n) is 8.48. The molecular weight excluding hydrogens is 461 g/mol. The minimum atomic E-state index is -0.889. The normalized spacial score (nSPS) is 15.4. The van der Waals surface area contributed by atoms with Gasteiger partial charge in [-0.3, -0.25) is 9.59 Å². The third-order valence-electron chi connectivity index (χ3n) is 6.00. The van der Waals surface area contributed by atoms with Gasteiger partial charge in [-0.15, -0.1) is 0 Å². The summed E-state index contributed by atoms with van der Waals surface area (Å²) in [5.74, 6) is -2.31. The number of aromatic nitrogens is 3. The number of carbonyl (C=O) groups is 2. The maximum atomic E-state index is 14.2. The molecule has 0 spiro atoms. The van der Waals surface area contributed by atoms with Crippen molar-refractivity contribution in [3.05, 3.63) is 70.8 Å². The highest BCUT2D eigenvalue weighted by Gasteiger charge is 2.28. The second kappa shape index (κ2) is 10.8. The zero-order valence-corrected chi connectivity index (χ0v) is 19.1. The van der Waals surface area contributed by atoms with Crippen LogP contribution >= 0.6 is 11.6 Å². The number of hydrogen-bond donors (Lipinski definition) is 3. The maximum absolute atomic E-state index is 14.2. The van der Waals surface area contributed by atoms with Crippen LogP contribution in [0.5, 0.6) is 0 Å². The number of likely N-dealkylation sites (tertiary alicyclic amines) is 1. The molecule has 0 bridgehead atoms. The number of carbonyl (C=O) groups excluding carboxylic acids is 1. The number of carboxylic acid groups (broad SMARTS) is 1. The van der Waals surface area contributed by atoms with Crippen LogP contribution < -0.4 is 5.32 Å². The lowest BCUT2D eigenvalue weighted by atomic mass is 9.92. The van der Waals surface area contributed by atoms with Gasteiger partial charge in [0.05, 0.1) is 12.1 Å². The van der Waals surface area contributed by atoms with E-state index in [4.69, 9.17) is 11.6 Å². The number of benzene rings is 2. The summed E-state index contributed by atoms with van der Waals surface area (Å²) < 4.78 is 14.2. The van der Waals surface area contributed by atoms with Gasteiger partial charge in [0, 0.05) is 23.2 Å². The van der Waals surface area contributed by atoms with E-state index in [0.717, 1.165) is 25.1 Å². The van der Waals surface area contributed by atoms with Crippen molar-refractivity contribution in [2.75, 3.05) is 19.6 Å². The smallest absolute Gasteiger partial charge is 0.307 e. The van der Waals surface area contributed by atoms with Gasteiger partial charge in [0.2, 0.25) is 0 Å². The third kappa shape index (κ3) is 5.98. The molecule has 178 valence electrons. The van der Waals surface area contributed by atoms with Crippen LogP contribution in [0.3, 0.4) is 0 Å². The van der Waals surface area contributed by atoms with Crippen LogP contribution in [-0.4, -0.2) is 63.0 Å². The van der Waals surface area contributed by atoms with E-state index in [9.17, 15) is 19.1 Å². The molecule has 0 unspecified atom stereocenters. The fraction of sp³-hybridized carbons (Fsp3) is 0.333. The SMILES string of the molecule is O=C(N[C@H](Cc1ccc(-c2cc(Cl)ccc2F)cc1)C[C@@H](CN1CCC1)C(=O)O)c1cn[nH]n1. The first kappa shape index (κ1) is 23.8. The van der Waals surface area contributed by atoms with Crippen LogP contribution in [0.2, 0.25) is 5.02 Å². The highest BCUT2D eigenvalue weighted by molar-refractivity contribution is 6.30. The Morgan fingerprint density at radius 1 is 1.21 bits per heavy atom. The summed E-state index contributed by atoms with van der Waals surface area (Å²) >= 11 is 6.01. The predicted molar refractivity (Wildman–Crippen MR) is 125 cm³/mol. The standard InChI is InChI=1S/C24H25ClFN5O3/c25-18-6-7-21(26)20(12-18)16-4-2-15(3-5-16)10-19(28-23(32)22-13-27-30-29-22)11-17(24(33)34)14-31-8-1-9-31/h2-7,12-13,17,19H,1,8-11,14H2,(H,28,32)(H,33,34)(H,27,29,30)/t17-,19+/m0/s1. The molecule has 1 aliphatic heterocycles. The molecule has 4 rings (SSSR count). The Hall–Kier alpha value is -3.30. The molecule has 3 N–H and O–H groups in total. The van der Waals surface area contributed by atoms with Crippen LogP contribution in [0.25, 0.3) is 11.1 Å². The molecular formula is C24H25ClFN5O3. The van der Waals surface area contributed by atoms with Gasteiger partial charge < -0.3 is 15.3 Å². The highest BCUT2D eigenvalue weighted by Crippen LogP contribution is 2.27. The maximum Gasteiger partial charge on any atom is 0.307 e. The van der Waals surface area contributed by atoms with Gasteiger partial charge in [-0.2, -0.15) is 15.4 Å². The minimum Gasteiger partial charge on any atom is -0.481 e. The number of amides is 1. The summed E-state index contributed by atoms with van der Waals surface area (Å²) in [6, 6.07) is 11.2. The molecule has 1 amide bonds. The zero-order valence-electron chi connectivity index (χ0n) is 18.4. The quantitative estimate of drug-likeness (QED) is 0.406. The number of nitrogens with zero attached hydrogens (tertiary/aromatic N) is 3. The van der Waals surface area contributed by atoms with Crippen molar-refractivity contribution in [2.24, 2.45) is 5.92 Å². The zero-order chi connectivity index (χ0) is 24.1. The molecule has 2 atom stereocenters. The molecule has 10 heteroatoms. The summed E-state index contributed by atoms with van der Waals surface area (Å²) in [6.07, 6.45) is 3.06. The summed E-state index contributed by atoms with van der Waals surface area (Å²) in [6.45, 7) is 2.22. The number of aliphatic carboxylic acids is 1. The van der Waals surface area contributed by atoms with Crippen molar-refractivity contribution in [2.45, 2.75) is 25.3 Å². The van der Waals surface area contributed by atoms with E-state index >= 15 is 0 Å². The Kier molecular flexibility index (Phi) is 7.54. The first-order valence-corrected chi connectivity index (χ1v) is 11.4. The summed E-state index contributed by atoms with van der Waals surface area (Å²) in [5, 5.41) is 23.0. The van der Waals surface area contributed by atoms with Crippen LogP contribution in [0.1, 0.15) is 28.9 Å². The average molecular weight is 486 g/mol. The number of H-pyrrole nitrogens is 1. The van der Waals surface area contributed by atoms with E-state index in [2.05, 4.69) is 25.6 Å². The summed E-state index contributed by atoms with van der Waals surface area (Å²) in [5.41, 5.74) is 2.08. The number of nitrogens with one attached hydrogen (secondary N) is 2. The van der Waals surface area contributed by atoms with Gasteiger partial charge >= 0.3 is 5.97 Å². The lowest BCUT2D eigenvalue weighted by Crippen LogP contribution is -2.45. The summed E-state index contributed by atoms with van der Waals surface area (Å²) in [7, 11) is 0. The molecule has 0 saturated carbocycles. The van der Waals surface area contributed by atoms with Crippen LogP contribution in [0, 0.1) is 11.7 Å². The lowest BCUT2D eigenvalue weighted by molar-refractivity contribution is -0.143. The van der Waals surface area contributed by atoms with E-state index in [-0.39, 0.29) is 17.9 Å². The van der Waals surface area contributed by atoms with Gasteiger partial charge in [-0.05, 0) is 61.7 Å². The number of hydrogen-bond acceptors (Lipinski definition) is 5. The molecule has 34 heavy (non-hydrogen) atoms. The van der Waals surface area contributed by atoms with Crippen molar-refractivity contribution >= 4 is 23.5 Å². The predicted octanol–water partition coefficient (Wildman–Crippen LogP) is 3.40. The topological polar surface area (TPSA) is 111 Å². The van der Waals surface area contributed by atoms with E-state index in [0.29, 0.717) is 29.1 Å². The Labute approximate surface area is 201 Å². The lowest BCUT2D eigenvalue weighted by Gasteiger charge is -2.34. The van der Waals surface area contributed by atoms with Gasteiger partial charge in [-0.25, -0.2) is 4.39 Å². The van der Waals surface area contributed by atoms with Gasteiger partial charge in [0.1, 0.15) is 5.82 Å². The highest BCUT2D eigenvalue weighted by atomic mass is 35.5. The van der Waals surface area contributed by atoms with E-state index in [1.807, 2.05) is 12.1 Å². The van der Waals surface area contributed by atoms with E-state index < -0.39 is 23.8 Å². The molecule has 0 radical (unpaired) electrons. The summed E-state index contributed by atoms with van der Waals surface area (Å²) in [4.78, 5) is 26.6. The average Bonchev–Trinajstić information content (AvgIpc) is 3.32. The van der Waals surface area contributed by atoms with Crippen molar-refractivity contribution in [1.29, 1.82) is 0 Å². The largest absolute Gasteiger partial charge is 0.481 e. The third-order valence-corrected chi connectivity index (χ3v) is 6.24. The van der Waals surface area contributed by atoms with Gasteiger partial charge in [-0.1, -0.05) is 35.9 Å². The number of halogens is 2. The molecule has 1 aromatic heterocycles. The van der Waals surface area contributed by atoms with Crippen LogP contribution in [0.4, 0.5) is 4.39 Å². The fourth-order valence-electron chi connectivity index (χ4n) is 4.06. The molecule has 3 aromatic rings. The first-order valence-electron chi connectivity index (χ1n) is 11.0. The van der Waals surface area contributed by atoms with Crippen molar-refractivity contribution < 1.29 is 19.1 Å². The molecule has 2 aromatic carbocycles. The van der Waals surface area contributed by atoms with Crippen LogP contribution in [-0.2, 0) is 11.2 Å². The molecule has 0 aliphatic carbocycles. The Balaban J connectivity index is 1.51. The molecule has 1 fully saturated rings. The molecule has 1 aliphatic rings. The Morgan fingerprint density at radius 2 is 1.97 bits per heavy atom. The monoisotopic (exact) mass is 485 g/mol. The van der Waals surface area contributed by atoms with Crippen molar-refractivity contribution in [3.8, 4) is 11.1 Å². The number of aromatic amines is 1. The molecule has 1 saturated heterocycles. The van der Waals surface area contributed by atoms with Gasteiger partial charge in [0.25, 0.3) is 5.91 Å².